The summed E-state index contributed by atoms with van der Waals surface area (Å²) in [6.07, 6.45) is 1.68. The Morgan fingerprint density at radius 1 is 1.33 bits per heavy atom. The molecule has 124 valence electrons. The van der Waals surface area contributed by atoms with Gasteiger partial charge in [-0.1, -0.05) is 35.5 Å². The molecule has 0 fully saturated rings. The number of nitrogens with one attached hydrogen (secondary N) is 1. The Labute approximate surface area is 149 Å². The number of carbonyl (C=O) groups is 1. The first-order chi connectivity index (χ1) is 11.6. The van der Waals surface area contributed by atoms with Gasteiger partial charge in [0.2, 0.25) is 5.91 Å². The SMILES string of the molecule is Cc1ccc(-n2cnnc2SCC(=O)NCc2cccs2)c(C)c1. The molecule has 0 aliphatic heterocycles. The van der Waals surface area contributed by atoms with E-state index in [0.717, 1.165) is 16.1 Å². The van der Waals surface area contributed by atoms with Gasteiger partial charge in [-0.15, -0.1) is 21.5 Å². The van der Waals surface area contributed by atoms with Gasteiger partial charge in [0.15, 0.2) is 5.16 Å². The number of hydrogen-bond acceptors (Lipinski definition) is 5. The number of amides is 1. The van der Waals surface area contributed by atoms with E-state index in [4.69, 9.17) is 0 Å². The Morgan fingerprint density at radius 3 is 2.96 bits per heavy atom. The summed E-state index contributed by atoms with van der Waals surface area (Å²) in [6.45, 7) is 4.70. The summed E-state index contributed by atoms with van der Waals surface area (Å²) in [5.41, 5.74) is 3.40. The Hall–Kier alpha value is -2.12. The van der Waals surface area contributed by atoms with Crippen molar-refractivity contribution < 1.29 is 4.79 Å². The van der Waals surface area contributed by atoms with E-state index in [1.807, 2.05) is 22.1 Å². The highest BCUT2D eigenvalue weighted by Crippen LogP contribution is 2.22. The van der Waals surface area contributed by atoms with Gasteiger partial charge in [0.05, 0.1) is 18.0 Å². The van der Waals surface area contributed by atoms with Gasteiger partial charge in [0.1, 0.15) is 6.33 Å². The molecule has 0 saturated carbocycles. The highest BCUT2D eigenvalue weighted by molar-refractivity contribution is 7.99. The quantitative estimate of drug-likeness (QED) is 0.687. The molecule has 1 amide bonds. The molecule has 0 saturated heterocycles. The first-order valence-corrected chi connectivity index (χ1v) is 9.39. The van der Waals surface area contributed by atoms with Crippen LogP contribution in [0.25, 0.3) is 5.69 Å². The minimum atomic E-state index is -0.0106. The zero-order chi connectivity index (χ0) is 16.9. The number of aromatic nitrogens is 3. The van der Waals surface area contributed by atoms with Gasteiger partial charge in [-0.3, -0.25) is 9.36 Å². The smallest absolute Gasteiger partial charge is 0.230 e. The molecule has 0 spiro atoms. The number of benzene rings is 1. The third-order valence-electron chi connectivity index (χ3n) is 3.50. The van der Waals surface area contributed by atoms with Crippen molar-refractivity contribution in [1.82, 2.24) is 20.1 Å². The number of nitrogens with zero attached hydrogens (tertiary/aromatic N) is 3. The highest BCUT2D eigenvalue weighted by Gasteiger charge is 2.11. The van der Waals surface area contributed by atoms with E-state index in [1.54, 1.807) is 17.7 Å². The third kappa shape index (κ3) is 4.04. The molecule has 0 unspecified atom stereocenters. The predicted molar refractivity (Wildman–Crippen MR) is 97.7 cm³/mol. The standard InChI is InChI=1S/C17H18N4OS2/c1-12-5-6-15(13(2)8-12)21-11-19-20-17(21)24-10-16(22)18-9-14-4-3-7-23-14/h3-8,11H,9-10H2,1-2H3,(H,18,22). The fourth-order valence-corrected chi connectivity index (χ4v) is 3.74. The first kappa shape index (κ1) is 16.7. The molecule has 3 rings (SSSR count). The van der Waals surface area contributed by atoms with Crippen molar-refractivity contribution in [2.24, 2.45) is 0 Å². The normalized spacial score (nSPS) is 10.8. The predicted octanol–water partition coefficient (Wildman–Crippen LogP) is 3.35. The van der Waals surface area contributed by atoms with Gasteiger partial charge < -0.3 is 5.32 Å². The van der Waals surface area contributed by atoms with Crippen molar-refractivity contribution in [3.05, 3.63) is 58.0 Å². The average molecular weight is 358 g/mol. The summed E-state index contributed by atoms with van der Waals surface area (Å²) in [5.74, 6) is 0.304. The lowest BCUT2D eigenvalue weighted by atomic mass is 10.1. The van der Waals surface area contributed by atoms with Gasteiger partial charge >= 0.3 is 0 Å². The van der Waals surface area contributed by atoms with Crippen molar-refractivity contribution in [2.45, 2.75) is 25.5 Å². The monoisotopic (exact) mass is 358 g/mol. The van der Waals surface area contributed by atoms with Crippen molar-refractivity contribution >= 4 is 29.0 Å². The Bertz CT molecular complexity index is 827. The van der Waals surface area contributed by atoms with Gasteiger partial charge in [-0.05, 0) is 36.9 Å². The summed E-state index contributed by atoms with van der Waals surface area (Å²) in [7, 11) is 0. The number of thiophene rings is 1. The molecule has 0 radical (unpaired) electrons. The molecule has 24 heavy (non-hydrogen) atoms. The van der Waals surface area contributed by atoms with Crippen LogP contribution >= 0.6 is 23.1 Å². The number of hydrogen-bond donors (Lipinski definition) is 1. The van der Waals surface area contributed by atoms with Crippen LogP contribution < -0.4 is 5.32 Å². The lowest BCUT2D eigenvalue weighted by Gasteiger charge is -2.10. The maximum atomic E-state index is 12.0. The maximum Gasteiger partial charge on any atom is 0.230 e. The topological polar surface area (TPSA) is 59.8 Å². The Morgan fingerprint density at radius 2 is 2.21 bits per heavy atom. The first-order valence-electron chi connectivity index (χ1n) is 7.53. The zero-order valence-electron chi connectivity index (χ0n) is 13.5. The summed E-state index contributed by atoms with van der Waals surface area (Å²) in [6, 6.07) is 10.2. The number of carbonyl (C=O) groups excluding carboxylic acids is 1. The van der Waals surface area contributed by atoms with E-state index in [0.29, 0.717) is 17.5 Å². The molecule has 2 aromatic heterocycles. The van der Waals surface area contributed by atoms with Crippen LogP contribution in [-0.4, -0.2) is 26.4 Å². The van der Waals surface area contributed by atoms with Crippen LogP contribution in [0.5, 0.6) is 0 Å². The highest BCUT2D eigenvalue weighted by atomic mass is 32.2. The second-order valence-electron chi connectivity index (χ2n) is 5.42. The van der Waals surface area contributed by atoms with E-state index >= 15 is 0 Å². The zero-order valence-corrected chi connectivity index (χ0v) is 15.2. The summed E-state index contributed by atoms with van der Waals surface area (Å²) < 4.78 is 1.92. The van der Waals surface area contributed by atoms with Crippen LogP contribution in [-0.2, 0) is 11.3 Å². The fraction of sp³-hybridized carbons (Fsp3) is 0.235. The van der Waals surface area contributed by atoms with Gasteiger partial charge in [0.25, 0.3) is 0 Å². The van der Waals surface area contributed by atoms with Gasteiger partial charge in [-0.25, -0.2) is 0 Å². The molecule has 1 N–H and O–H groups in total. The molecule has 1 aromatic carbocycles. The molecule has 0 aliphatic rings. The van der Waals surface area contributed by atoms with Crippen LogP contribution in [0.15, 0.2) is 47.2 Å². The molecular formula is C17H18N4OS2. The van der Waals surface area contributed by atoms with Crippen molar-refractivity contribution in [1.29, 1.82) is 0 Å². The summed E-state index contributed by atoms with van der Waals surface area (Å²) in [5, 5.41) is 13.8. The Kier molecular flexibility index (Phi) is 5.32. The van der Waals surface area contributed by atoms with Crippen molar-refractivity contribution in [3.8, 4) is 5.69 Å². The van der Waals surface area contributed by atoms with Crippen LogP contribution in [0, 0.1) is 13.8 Å². The number of thioether (sulfide) groups is 1. The number of rotatable bonds is 6. The van der Waals surface area contributed by atoms with Crippen molar-refractivity contribution in [2.75, 3.05) is 5.75 Å². The summed E-state index contributed by atoms with van der Waals surface area (Å²) in [4.78, 5) is 13.2. The summed E-state index contributed by atoms with van der Waals surface area (Å²) >= 11 is 3.02. The van der Waals surface area contributed by atoms with E-state index in [-0.39, 0.29) is 5.91 Å². The van der Waals surface area contributed by atoms with E-state index in [1.165, 1.54) is 17.3 Å². The number of aryl methyl sites for hydroxylation is 2. The van der Waals surface area contributed by atoms with E-state index in [2.05, 4.69) is 47.6 Å². The molecule has 0 aliphatic carbocycles. The van der Waals surface area contributed by atoms with Crippen LogP contribution in [0.3, 0.4) is 0 Å². The minimum Gasteiger partial charge on any atom is -0.350 e. The fourth-order valence-electron chi connectivity index (χ4n) is 2.34. The van der Waals surface area contributed by atoms with Crippen LogP contribution in [0.1, 0.15) is 16.0 Å². The molecular weight excluding hydrogens is 340 g/mol. The molecule has 0 atom stereocenters. The molecule has 0 bridgehead atoms. The van der Waals surface area contributed by atoms with E-state index in [9.17, 15) is 4.79 Å². The third-order valence-corrected chi connectivity index (χ3v) is 5.32. The second kappa shape index (κ2) is 7.63. The second-order valence-corrected chi connectivity index (χ2v) is 7.39. The molecule has 7 heteroatoms. The molecule has 3 aromatic rings. The largest absolute Gasteiger partial charge is 0.350 e. The van der Waals surface area contributed by atoms with Crippen molar-refractivity contribution in [3.63, 3.8) is 0 Å². The molecule has 2 heterocycles. The average Bonchev–Trinajstić information content (AvgIpc) is 3.22. The lowest BCUT2D eigenvalue weighted by Crippen LogP contribution is -2.24. The molecule has 5 nitrogen and oxygen atoms in total. The van der Waals surface area contributed by atoms with Gasteiger partial charge in [0, 0.05) is 4.88 Å². The van der Waals surface area contributed by atoms with E-state index < -0.39 is 0 Å². The Balaban J connectivity index is 1.62. The lowest BCUT2D eigenvalue weighted by molar-refractivity contribution is -0.118. The van der Waals surface area contributed by atoms with Gasteiger partial charge in [-0.2, -0.15) is 0 Å². The maximum absolute atomic E-state index is 12.0. The minimum absolute atomic E-state index is 0.0106. The van der Waals surface area contributed by atoms with Crippen LogP contribution in [0.4, 0.5) is 0 Å². The van der Waals surface area contributed by atoms with Crippen LogP contribution in [0.2, 0.25) is 0 Å².